The molecule has 33 heavy (non-hydrogen) atoms. The summed E-state index contributed by atoms with van der Waals surface area (Å²) in [5.74, 6) is -2.42. The first-order valence-corrected chi connectivity index (χ1v) is 14.7. The molecule has 0 unspecified atom stereocenters. The topological polar surface area (TPSA) is 149 Å². The normalized spacial score (nSPS) is 26.5. The fraction of sp³-hybridized carbons (Fsp3) is 0.800. The molecule has 2 saturated heterocycles. The van der Waals surface area contributed by atoms with Crippen LogP contribution in [-0.4, -0.2) is 97.9 Å². The van der Waals surface area contributed by atoms with E-state index in [1.54, 1.807) is 0 Å². The fourth-order valence-electron chi connectivity index (χ4n) is 4.59. The van der Waals surface area contributed by atoms with E-state index < -0.39 is 44.8 Å². The molecular weight excluding hydrogens is 492 g/mol. The number of carbonyl (C=O) groups excluding carboxylic acids is 2. The van der Waals surface area contributed by atoms with E-state index in [-0.39, 0.29) is 51.6 Å². The third kappa shape index (κ3) is 5.12. The molecule has 2 fully saturated rings. The Morgan fingerprint density at radius 1 is 0.788 bits per heavy atom. The minimum Gasteiger partial charge on any atom is -0.480 e. The van der Waals surface area contributed by atoms with Crippen LogP contribution in [0.15, 0.2) is 0 Å². The molecule has 2 atom stereocenters. The van der Waals surface area contributed by atoms with Crippen molar-refractivity contribution in [1.29, 1.82) is 0 Å². The Morgan fingerprint density at radius 3 is 1.45 bits per heavy atom. The number of hydrogen-bond donors (Lipinski definition) is 2. The van der Waals surface area contributed by atoms with Crippen molar-refractivity contribution in [1.82, 2.24) is 8.61 Å². The molecule has 0 aromatic carbocycles. The summed E-state index contributed by atoms with van der Waals surface area (Å²) in [7, 11) is -4.75. The summed E-state index contributed by atoms with van der Waals surface area (Å²) in [6, 6.07) is 0. The standard InChI is InChI=1S/C20H32N2O8S3/c1-3-31-13-7-15(23)19(17(25)26)9-5-11-21(19)33(29,30)22-12-6-10-20(22,18(27)28)16(24)8-14-32-4-2/h3-14H2,1-2H3,(H,25,26)(H,27,28)/t19-,20-/m1/s1. The monoisotopic (exact) mass is 524 g/mol. The molecule has 188 valence electrons. The molecule has 2 heterocycles. The number of thioether (sulfide) groups is 2. The van der Waals surface area contributed by atoms with E-state index in [1.165, 1.54) is 23.5 Å². The first kappa shape index (κ1) is 28.1. The van der Waals surface area contributed by atoms with Crippen LogP contribution in [0.4, 0.5) is 0 Å². The highest BCUT2D eigenvalue weighted by Gasteiger charge is 2.64. The summed E-state index contributed by atoms with van der Waals surface area (Å²) in [6.45, 7) is 3.33. The third-order valence-electron chi connectivity index (χ3n) is 6.19. The van der Waals surface area contributed by atoms with Crippen LogP contribution in [-0.2, 0) is 29.4 Å². The molecule has 2 N–H and O–H groups in total. The Hall–Kier alpha value is -1.15. The molecule has 10 nitrogen and oxygen atoms in total. The number of carboxylic acids is 2. The van der Waals surface area contributed by atoms with Crippen LogP contribution < -0.4 is 0 Å². The largest absolute Gasteiger partial charge is 0.480 e. The van der Waals surface area contributed by atoms with Gasteiger partial charge >= 0.3 is 11.9 Å². The minimum absolute atomic E-state index is 0.117. The Labute approximate surface area is 203 Å². The van der Waals surface area contributed by atoms with Gasteiger partial charge in [0.15, 0.2) is 22.6 Å². The zero-order chi connectivity index (χ0) is 24.9. The lowest BCUT2D eigenvalue weighted by Gasteiger charge is -2.39. The molecule has 2 rings (SSSR count). The van der Waals surface area contributed by atoms with Gasteiger partial charge in [-0.3, -0.25) is 9.59 Å². The van der Waals surface area contributed by atoms with Gasteiger partial charge in [0.25, 0.3) is 10.2 Å². The van der Waals surface area contributed by atoms with E-state index in [9.17, 15) is 37.8 Å². The van der Waals surface area contributed by atoms with Crippen LogP contribution in [0, 0.1) is 0 Å². The Balaban J connectivity index is 2.48. The smallest absolute Gasteiger partial charge is 0.332 e. The van der Waals surface area contributed by atoms with E-state index in [0.29, 0.717) is 20.1 Å². The van der Waals surface area contributed by atoms with Crippen molar-refractivity contribution in [3.63, 3.8) is 0 Å². The predicted molar refractivity (Wildman–Crippen MR) is 127 cm³/mol. The summed E-state index contributed by atoms with van der Waals surface area (Å²) < 4.78 is 28.8. The van der Waals surface area contributed by atoms with Crippen molar-refractivity contribution < 1.29 is 37.8 Å². The van der Waals surface area contributed by atoms with Gasteiger partial charge in [0.1, 0.15) is 0 Å². The lowest BCUT2D eigenvalue weighted by Crippen LogP contribution is -2.66. The molecule has 2 aliphatic rings. The molecule has 2 aliphatic heterocycles. The average Bonchev–Trinajstić information content (AvgIpc) is 3.41. The molecule has 0 aromatic rings. The number of ketones is 2. The Kier molecular flexibility index (Phi) is 9.81. The van der Waals surface area contributed by atoms with E-state index in [4.69, 9.17) is 0 Å². The first-order valence-electron chi connectivity index (χ1n) is 11.0. The number of Topliss-reactive ketones (excluding diaryl/α,β-unsaturated/α-hetero) is 2. The second-order valence-corrected chi connectivity index (χ2v) is 12.5. The van der Waals surface area contributed by atoms with Crippen molar-refractivity contribution in [3.05, 3.63) is 0 Å². The van der Waals surface area contributed by atoms with Gasteiger partial charge in [0.05, 0.1) is 0 Å². The van der Waals surface area contributed by atoms with Crippen molar-refractivity contribution in [2.24, 2.45) is 0 Å². The van der Waals surface area contributed by atoms with E-state index in [2.05, 4.69) is 0 Å². The number of hydrogen-bond acceptors (Lipinski definition) is 8. The molecule has 0 bridgehead atoms. The summed E-state index contributed by atoms with van der Waals surface area (Å²) in [5.41, 5.74) is -4.58. The Morgan fingerprint density at radius 2 is 1.15 bits per heavy atom. The molecule has 13 heteroatoms. The molecule has 0 aliphatic carbocycles. The highest BCUT2D eigenvalue weighted by Crippen LogP contribution is 2.41. The quantitative estimate of drug-likeness (QED) is 0.253. The van der Waals surface area contributed by atoms with Gasteiger partial charge in [0.2, 0.25) is 0 Å². The molecular formula is C20H32N2O8S3. The number of carbonyl (C=O) groups is 4. The number of carboxylic acid groups (broad SMARTS) is 2. The van der Waals surface area contributed by atoms with Gasteiger partial charge in [-0.15, -0.1) is 0 Å². The highest BCUT2D eigenvalue weighted by molar-refractivity contribution is 7.99. The first-order chi connectivity index (χ1) is 15.5. The summed E-state index contributed by atoms with van der Waals surface area (Å²) in [5, 5.41) is 20.0. The predicted octanol–water partition coefficient (Wildman–Crippen LogP) is 1.49. The zero-order valence-electron chi connectivity index (χ0n) is 18.9. The van der Waals surface area contributed by atoms with E-state index in [0.717, 1.165) is 11.5 Å². The van der Waals surface area contributed by atoms with Gasteiger partial charge in [-0.05, 0) is 37.2 Å². The summed E-state index contributed by atoms with van der Waals surface area (Å²) in [4.78, 5) is 50.8. The van der Waals surface area contributed by atoms with Crippen molar-refractivity contribution in [2.45, 2.75) is 63.5 Å². The number of aliphatic carboxylic acids is 2. The van der Waals surface area contributed by atoms with Gasteiger partial charge < -0.3 is 10.2 Å². The number of nitrogens with zero attached hydrogens (tertiary/aromatic N) is 2. The maximum Gasteiger partial charge on any atom is 0.332 e. The molecule has 0 radical (unpaired) electrons. The maximum atomic E-state index is 13.8. The van der Waals surface area contributed by atoms with Crippen molar-refractivity contribution >= 4 is 57.2 Å². The number of rotatable bonds is 14. The summed E-state index contributed by atoms with van der Waals surface area (Å²) >= 11 is 2.88. The van der Waals surface area contributed by atoms with E-state index >= 15 is 0 Å². The summed E-state index contributed by atoms with van der Waals surface area (Å²) in [6.07, 6.45) is -0.319. The SMILES string of the molecule is CCSCCC(=O)[C@@]1(C(=O)O)CCCN1S(=O)(=O)N1CCC[C@]1(C(=O)O)C(=O)CCSCC. The molecule has 0 amide bonds. The lowest BCUT2D eigenvalue weighted by molar-refractivity contribution is -0.152. The van der Waals surface area contributed by atoms with Gasteiger partial charge in [0, 0.05) is 37.4 Å². The molecule has 0 spiro atoms. The Bertz CT molecular complexity index is 817. The second-order valence-electron chi connectivity index (χ2n) is 7.93. The van der Waals surface area contributed by atoms with Crippen LogP contribution in [0.25, 0.3) is 0 Å². The van der Waals surface area contributed by atoms with Gasteiger partial charge in [-0.2, -0.15) is 40.6 Å². The van der Waals surface area contributed by atoms with Crippen molar-refractivity contribution in [2.75, 3.05) is 36.1 Å². The minimum atomic E-state index is -4.75. The lowest BCUT2D eigenvalue weighted by atomic mass is 9.90. The second kappa shape index (κ2) is 11.5. The van der Waals surface area contributed by atoms with Crippen LogP contribution in [0.3, 0.4) is 0 Å². The highest BCUT2D eigenvalue weighted by atomic mass is 32.2. The zero-order valence-corrected chi connectivity index (χ0v) is 21.4. The van der Waals surface area contributed by atoms with Crippen LogP contribution >= 0.6 is 23.5 Å². The van der Waals surface area contributed by atoms with E-state index in [1.807, 2.05) is 13.8 Å². The van der Waals surface area contributed by atoms with Gasteiger partial charge in [-0.25, -0.2) is 9.59 Å². The third-order valence-corrected chi connectivity index (χ3v) is 10.1. The van der Waals surface area contributed by atoms with Crippen LogP contribution in [0.1, 0.15) is 52.4 Å². The van der Waals surface area contributed by atoms with Gasteiger partial charge in [-0.1, -0.05) is 13.8 Å². The average molecular weight is 525 g/mol. The maximum absolute atomic E-state index is 13.8. The molecule has 0 saturated carbocycles. The van der Waals surface area contributed by atoms with Crippen LogP contribution in [0.2, 0.25) is 0 Å². The fourth-order valence-corrected chi connectivity index (χ4v) is 8.11. The van der Waals surface area contributed by atoms with Crippen molar-refractivity contribution in [3.8, 4) is 0 Å². The molecule has 0 aromatic heterocycles. The van der Waals surface area contributed by atoms with Crippen LogP contribution in [0.5, 0.6) is 0 Å².